The van der Waals surface area contributed by atoms with Crippen molar-refractivity contribution in [3.05, 3.63) is 48.0 Å². The van der Waals surface area contributed by atoms with Gasteiger partial charge in [0.25, 0.3) is 5.91 Å². The highest BCUT2D eigenvalue weighted by atomic mass is 19.1. The molecule has 182 valence electrons. The highest BCUT2D eigenvalue weighted by Crippen LogP contribution is 2.29. The Labute approximate surface area is 195 Å². The SMILES string of the molecule is COc1ccnc(C(=O)N[C@H]2COCC[C@@H](Oc3ccc(F)cc3)[C@H](C)OC2=O)c1OC(C)=O. The van der Waals surface area contributed by atoms with Crippen molar-refractivity contribution in [3.8, 4) is 17.2 Å². The highest BCUT2D eigenvalue weighted by Gasteiger charge is 2.32. The number of rotatable bonds is 6. The molecule has 3 rings (SSSR count). The van der Waals surface area contributed by atoms with Crippen molar-refractivity contribution < 1.29 is 42.5 Å². The van der Waals surface area contributed by atoms with E-state index in [1.807, 2.05) is 0 Å². The van der Waals surface area contributed by atoms with Gasteiger partial charge in [-0.25, -0.2) is 14.2 Å². The van der Waals surface area contributed by atoms with Gasteiger partial charge in [0.1, 0.15) is 23.8 Å². The van der Waals surface area contributed by atoms with Crippen LogP contribution in [0.15, 0.2) is 36.5 Å². The van der Waals surface area contributed by atoms with Gasteiger partial charge in [0.15, 0.2) is 17.5 Å². The quantitative estimate of drug-likeness (QED) is 0.624. The Morgan fingerprint density at radius 2 is 1.94 bits per heavy atom. The monoisotopic (exact) mass is 476 g/mol. The van der Waals surface area contributed by atoms with Crippen LogP contribution in [0.2, 0.25) is 0 Å². The molecule has 34 heavy (non-hydrogen) atoms. The zero-order valence-electron chi connectivity index (χ0n) is 18.9. The number of nitrogens with one attached hydrogen (secondary N) is 1. The largest absolute Gasteiger partial charge is 0.493 e. The van der Waals surface area contributed by atoms with E-state index in [9.17, 15) is 18.8 Å². The topological polar surface area (TPSA) is 122 Å². The molecule has 0 unspecified atom stereocenters. The molecule has 2 aromatic rings. The smallest absolute Gasteiger partial charge is 0.331 e. The molecule has 0 bridgehead atoms. The first-order chi connectivity index (χ1) is 16.3. The second-order valence-corrected chi connectivity index (χ2v) is 7.43. The third-order valence-corrected chi connectivity index (χ3v) is 4.90. The van der Waals surface area contributed by atoms with Gasteiger partial charge in [-0.15, -0.1) is 0 Å². The van der Waals surface area contributed by atoms with Gasteiger partial charge in [-0.1, -0.05) is 0 Å². The van der Waals surface area contributed by atoms with Crippen molar-refractivity contribution in [2.24, 2.45) is 0 Å². The average molecular weight is 476 g/mol. The lowest BCUT2D eigenvalue weighted by Gasteiger charge is -2.25. The van der Waals surface area contributed by atoms with E-state index in [2.05, 4.69) is 10.3 Å². The predicted molar refractivity (Wildman–Crippen MR) is 115 cm³/mol. The number of pyridine rings is 1. The summed E-state index contributed by atoms with van der Waals surface area (Å²) in [5.41, 5.74) is -0.243. The second-order valence-electron chi connectivity index (χ2n) is 7.43. The van der Waals surface area contributed by atoms with E-state index in [0.717, 1.165) is 0 Å². The van der Waals surface area contributed by atoms with E-state index < -0.39 is 41.9 Å². The molecule has 1 aromatic heterocycles. The molecule has 1 fully saturated rings. The van der Waals surface area contributed by atoms with E-state index in [0.29, 0.717) is 12.2 Å². The number of halogens is 1. The number of cyclic esters (lactones) is 1. The Morgan fingerprint density at radius 3 is 2.62 bits per heavy atom. The molecule has 0 saturated carbocycles. The summed E-state index contributed by atoms with van der Waals surface area (Å²) < 4.78 is 40.3. The maximum absolute atomic E-state index is 13.1. The third-order valence-electron chi connectivity index (χ3n) is 4.90. The van der Waals surface area contributed by atoms with Crippen LogP contribution in [-0.4, -0.2) is 61.4 Å². The minimum atomic E-state index is -1.15. The zero-order valence-corrected chi connectivity index (χ0v) is 18.9. The van der Waals surface area contributed by atoms with Gasteiger partial charge >= 0.3 is 11.9 Å². The van der Waals surface area contributed by atoms with Crippen molar-refractivity contribution >= 4 is 17.8 Å². The third kappa shape index (κ3) is 6.41. The van der Waals surface area contributed by atoms with Crippen molar-refractivity contribution in [3.63, 3.8) is 0 Å². The minimum absolute atomic E-state index is 0.123. The maximum atomic E-state index is 13.1. The summed E-state index contributed by atoms with van der Waals surface area (Å²) in [5, 5.41) is 2.51. The summed E-state index contributed by atoms with van der Waals surface area (Å²) in [6.07, 6.45) is 0.448. The Morgan fingerprint density at radius 1 is 1.21 bits per heavy atom. The number of aromatic nitrogens is 1. The first kappa shape index (κ1) is 24.9. The van der Waals surface area contributed by atoms with Gasteiger partial charge in [0, 0.05) is 25.6 Å². The van der Waals surface area contributed by atoms with Gasteiger partial charge in [-0.2, -0.15) is 0 Å². The molecule has 10 nitrogen and oxygen atoms in total. The number of benzene rings is 1. The van der Waals surface area contributed by atoms with Gasteiger partial charge < -0.3 is 29.0 Å². The summed E-state index contributed by atoms with van der Waals surface area (Å²) in [4.78, 5) is 41.1. The van der Waals surface area contributed by atoms with Gasteiger partial charge in [0.2, 0.25) is 5.75 Å². The summed E-state index contributed by atoms with van der Waals surface area (Å²) in [7, 11) is 1.35. The number of hydrogen-bond donors (Lipinski definition) is 1. The van der Waals surface area contributed by atoms with E-state index in [1.54, 1.807) is 6.92 Å². The molecule has 0 aliphatic carbocycles. The fourth-order valence-electron chi connectivity index (χ4n) is 3.21. The molecule has 1 aromatic carbocycles. The van der Waals surface area contributed by atoms with Crippen LogP contribution in [0.1, 0.15) is 30.8 Å². The van der Waals surface area contributed by atoms with Crippen LogP contribution in [0.3, 0.4) is 0 Å². The number of hydrogen-bond acceptors (Lipinski definition) is 9. The van der Waals surface area contributed by atoms with E-state index >= 15 is 0 Å². The Bertz CT molecular complexity index is 1030. The Balaban J connectivity index is 1.72. The van der Waals surface area contributed by atoms with Gasteiger partial charge in [0.05, 0.1) is 20.3 Å². The molecule has 3 atom stereocenters. The zero-order chi connectivity index (χ0) is 24.7. The molecule has 11 heteroatoms. The molecule has 1 N–H and O–H groups in total. The number of nitrogens with zero attached hydrogens (tertiary/aromatic N) is 1. The number of carbonyl (C=O) groups is 3. The van der Waals surface area contributed by atoms with Crippen LogP contribution in [0.4, 0.5) is 4.39 Å². The summed E-state index contributed by atoms with van der Waals surface area (Å²) in [6.45, 7) is 2.88. The van der Waals surface area contributed by atoms with Gasteiger partial charge in [-0.3, -0.25) is 9.59 Å². The lowest BCUT2D eigenvalue weighted by atomic mass is 10.1. The maximum Gasteiger partial charge on any atom is 0.331 e. The number of esters is 2. The van der Waals surface area contributed by atoms with E-state index in [4.69, 9.17) is 23.7 Å². The molecule has 1 aliphatic rings. The Hall–Kier alpha value is -3.73. The van der Waals surface area contributed by atoms with Crippen LogP contribution in [0.5, 0.6) is 17.2 Å². The van der Waals surface area contributed by atoms with Crippen molar-refractivity contribution in [1.29, 1.82) is 0 Å². The molecule has 1 saturated heterocycles. The summed E-state index contributed by atoms with van der Waals surface area (Å²) in [6, 6.07) is 5.75. The molecule has 1 aliphatic heterocycles. The normalized spacial score (nSPS) is 20.7. The van der Waals surface area contributed by atoms with Crippen molar-refractivity contribution in [2.75, 3.05) is 20.3 Å². The fraction of sp³-hybridized carbons (Fsp3) is 0.391. The summed E-state index contributed by atoms with van der Waals surface area (Å²) >= 11 is 0. The van der Waals surface area contributed by atoms with Gasteiger partial charge in [-0.05, 0) is 31.2 Å². The second kappa shape index (κ2) is 11.4. The molecular formula is C23H25FN2O8. The highest BCUT2D eigenvalue weighted by molar-refractivity contribution is 5.98. The van der Waals surface area contributed by atoms with E-state index in [-0.39, 0.29) is 30.4 Å². The van der Waals surface area contributed by atoms with Crippen LogP contribution >= 0.6 is 0 Å². The van der Waals surface area contributed by atoms with E-state index in [1.165, 1.54) is 50.6 Å². The van der Waals surface area contributed by atoms with Crippen molar-refractivity contribution in [1.82, 2.24) is 10.3 Å². The first-order valence-corrected chi connectivity index (χ1v) is 10.5. The number of methoxy groups -OCH3 is 1. The average Bonchev–Trinajstić information content (AvgIpc) is 2.86. The molecule has 0 spiro atoms. The molecule has 1 amide bonds. The minimum Gasteiger partial charge on any atom is -0.493 e. The van der Waals surface area contributed by atoms with Crippen LogP contribution < -0.4 is 19.5 Å². The molecule has 0 radical (unpaired) electrons. The van der Waals surface area contributed by atoms with Crippen LogP contribution in [0.25, 0.3) is 0 Å². The number of carbonyl (C=O) groups excluding carboxylic acids is 3. The number of ether oxygens (including phenoxy) is 5. The summed E-state index contributed by atoms with van der Waals surface area (Å²) in [5.74, 6) is -2.23. The molecule has 2 heterocycles. The standard InChI is InChI=1S/C23H25FN2O8/c1-13-18(34-16-6-4-15(24)5-7-16)9-11-31-12-17(23(29)32-13)26-22(28)20-21(33-14(2)27)19(30-3)8-10-25-20/h4-8,10,13,17-18H,9,11-12H2,1-3H3,(H,26,28)/t13-,17-,18+/m0/s1. The predicted octanol–water partition coefficient (Wildman–Crippen LogP) is 2.05. The molecular weight excluding hydrogens is 451 g/mol. The fourth-order valence-corrected chi connectivity index (χ4v) is 3.21. The first-order valence-electron chi connectivity index (χ1n) is 10.5. The Kier molecular flexibility index (Phi) is 8.36. The lowest BCUT2D eigenvalue weighted by molar-refractivity contribution is -0.155. The van der Waals surface area contributed by atoms with Crippen LogP contribution in [0, 0.1) is 5.82 Å². The van der Waals surface area contributed by atoms with Crippen molar-refractivity contribution in [2.45, 2.75) is 38.5 Å². The lowest BCUT2D eigenvalue weighted by Crippen LogP contribution is -2.46. The number of amides is 1. The van der Waals surface area contributed by atoms with Crippen LogP contribution in [-0.2, 0) is 19.1 Å².